The molecule has 0 saturated heterocycles. The number of terminal acetylenes is 1. The zero-order valence-electron chi connectivity index (χ0n) is 12.8. The lowest BCUT2D eigenvalue weighted by Gasteiger charge is -2.06. The summed E-state index contributed by atoms with van der Waals surface area (Å²) in [5.41, 5.74) is 2.32. The van der Waals surface area contributed by atoms with E-state index in [2.05, 4.69) is 26.2 Å². The van der Waals surface area contributed by atoms with Crippen LogP contribution >= 0.6 is 0 Å². The van der Waals surface area contributed by atoms with Gasteiger partial charge in [-0.05, 0) is 35.9 Å². The summed E-state index contributed by atoms with van der Waals surface area (Å²) in [5, 5.41) is 2.77. The molecule has 24 heavy (non-hydrogen) atoms. The molecule has 0 atom stereocenters. The number of pyridine rings is 1. The first kappa shape index (κ1) is 15.4. The summed E-state index contributed by atoms with van der Waals surface area (Å²) >= 11 is 0. The van der Waals surface area contributed by atoms with Gasteiger partial charge in [0.15, 0.2) is 5.82 Å². The fourth-order valence-corrected chi connectivity index (χ4v) is 2.14. The van der Waals surface area contributed by atoms with Gasteiger partial charge in [-0.15, -0.1) is 6.42 Å². The summed E-state index contributed by atoms with van der Waals surface area (Å²) in [6.45, 7) is 0. The summed E-state index contributed by atoms with van der Waals surface area (Å²) in [5.74, 6) is 3.29. The molecule has 1 aromatic carbocycles. The highest BCUT2D eigenvalue weighted by Gasteiger charge is 2.07. The number of hydrogen-bond acceptors (Lipinski definition) is 4. The van der Waals surface area contributed by atoms with E-state index in [9.17, 15) is 4.79 Å². The molecular weight excluding hydrogens is 300 g/mol. The van der Waals surface area contributed by atoms with E-state index in [0.717, 1.165) is 11.1 Å². The van der Waals surface area contributed by atoms with Crippen molar-refractivity contribution in [1.82, 2.24) is 15.0 Å². The molecule has 116 valence electrons. The average Bonchev–Trinajstić information content (AvgIpc) is 2.63. The molecule has 2 heterocycles. The number of anilines is 1. The zero-order chi connectivity index (χ0) is 16.8. The van der Waals surface area contributed by atoms with Crippen LogP contribution in [0, 0.1) is 12.3 Å². The molecule has 0 saturated carbocycles. The fourth-order valence-electron chi connectivity index (χ4n) is 2.14. The zero-order valence-corrected chi connectivity index (χ0v) is 12.8. The summed E-state index contributed by atoms with van der Waals surface area (Å²) in [4.78, 5) is 24.9. The van der Waals surface area contributed by atoms with E-state index >= 15 is 0 Å². The van der Waals surface area contributed by atoms with Crippen molar-refractivity contribution in [2.45, 2.75) is 6.42 Å². The standard InChI is InChI=1S/C19H14N4O/c1-2-14-6-8-15(9-7-14)13-18(24)22-17-10-12-21-19(23-17)16-5-3-4-11-20-16/h1,3-12H,13H2,(H,21,22,23,24). The van der Waals surface area contributed by atoms with E-state index in [4.69, 9.17) is 6.42 Å². The van der Waals surface area contributed by atoms with Crippen molar-refractivity contribution in [2.24, 2.45) is 0 Å². The van der Waals surface area contributed by atoms with Gasteiger partial charge in [-0.3, -0.25) is 9.78 Å². The second kappa shape index (κ2) is 7.16. The van der Waals surface area contributed by atoms with Gasteiger partial charge in [0, 0.05) is 18.0 Å². The third-order valence-electron chi connectivity index (χ3n) is 3.30. The Morgan fingerprint density at radius 3 is 2.58 bits per heavy atom. The van der Waals surface area contributed by atoms with Crippen LogP contribution in [0.2, 0.25) is 0 Å². The Balaban J connectivity index is 1.69. The predicted octanol–water partition coefficient (Wildman–Crippen LogP) is 2.70. The number of nitrogens with one attached hydrogen (secondary N) is 1. The van der Waals surface area contributed by atoms with Crippen LogP contribution in [0.25, 0.3) is 11.5 Å². The highest BCUT2D eigenvalue weighted by molar-refractivity contribution is 5.91. The van der Waals surface area contributed by atoms with Gasteiger partial charge >= 0.3 is 0 Å². The number of amides is 1. The molecular formula is C19H14N4O. The van der Waals surface area contributed by atoms with E-state index in [1.807, 2.05) is 42.5 Å². The summed E-state index contributed by atoms with van der Waals surface area (Å²) < 4.78 is 0. The average molecular weight is 314 g/mol. The second-order valence-electron chi connectivity index (χ2n) is 5.05. The molecule has 1 amide bonds. The summed E-state index contributed by atoms with van der Waals surface area (Å²) in [6.07, 6.45) is 8.82. The fraction of sp³-hybridized carbons (Fsp3) is 0.0526. The third-order valence-corrected chi connectivity index (χ3v) is 3.30. The van der Waals surface area contributed by atoms with E-state index in [0.29, 0.717) is 17.3 Å². The molecule has 0 aliphatic rings. The van der Waals surface area contributed by atoms with Crippen LogP contribution in [-0.2, 0) is 11.2 Å². The SMILES string of the molecule is C#Cc1ccc(CC(=O)Nc2ccnc(-c3ccccn3)n2)cc1. The Hall–Kier alpha value is -3.52. The quantitative estimate of drug-likeness (QED) is 0.752. The summed E-state index contributed by atoms with van der Waals surface area (Å²) in [6, 6.07) is 14.4. The highest BCUT2D eigenvalue weighted by atomic mass is 16.1. The molecule has 5 nitrogen and oxygen atoms in total. The van der Waals surface area contributed by atoms with E-state index in [-0.39, 0.29) is 12.3 Å². The molecule has 0 aliphatic carbocycles. The smallest absolute Gasteiger partial charge is 0.229 e. The van der Waals surface area contributed by atoms with Crippen molar-refractivity contribution in [3.05, 3.63) is 72.1 Å². The van der Waals surface area contributed by atoms with Crippen LogP contribution in [0.1, 0.15) is 11.1 Å². The Labute approximate surface area is 139 Å². The molecule has 3 aromatic rings. The number of aromatic nitrogens is 3. The lowest BCUT2D eigenvalue weighted by atomic mass is 10.1. The predicted molar refractivity (Wildman–Crippen MR) is 92.0 cm³/mol. The van der Waals surface area contributed by atoms with Crippen molar-refractivity contribution < 1.29 is 4.79 Å². The van der Waals surface area contributed by atoms with Crippen molar-refractivity contribution in [3.63, 3.8) is 0 Å². The second-order valence-corrected chi connectivity index (χ2v) is 5.05. The molecule has 0 aliphatic heterocycles. The van der Waals surface area contributed by atoms with Crippen molar-refractivity contribution in [3.8, 4) is 23.9 Å². The van der Waals surface area contributed by atoms with Crippen LogP contribution in [0.4, 0.5) is 5.82 Å². The molecule has 2 aromatic heterocycles. The first-order valence-corrected chi connectivity index (χ1v) is 7.34. The highest BCUT2D eigenvalue weighted by Crippen LogP contribution is 2.13. The Bertz CT molecular complexity index is 883. The Morgan fingerprint density at radius 1 is 1.04 bits per heavy atom. The van der Waals surface area contributed by atoms with Gasteiger partial charge in [-0.2, -0.15) is 0 Å². The number of benzene rings is 1. The minimum absolute atomic E-state index is 0.158. The number of carbonyl (C=O) groups is 1. The maximum Gasteiger partial charge on any atom is 0.229 e. The van der Waals surface area contributed by atoms with Gasteiger partial charge in [0.05, 0.1) is 6.42 Å². The molecule has 0 spiro atoms. The van der Waals surface area contributed by atoms with Crippen LogP contribution in [0.5, 0.6) is 0 Å². The first-order chi connectivity index (χ1) is 11.7. The minimum atomic E-state index is -0.158. The number of nitrogens with zero attached hydrogens (tertiary/aromatic N) is 3. The van der Waals surface area contributed by atoms with E-state index < -0.39 is 0 Å². The van der Waals surface area contributed by atoms with Gasteiger partial charge in [-0.1, -0.05) is 24.1 Å². The lowest BCUT2D eigenvalue weighted by molar-refractivity contribution is -0.115. The number of carbonyl (C=O) groups excluding carboxylic acids is 1. The molecule has 0 fully saturated rings. The lowest BCUT2D eigenvalue weighted by Crippen LogP contribution is -2.15. The van der Waals surface area contributed by atoms with E-state index in [1.54, 1.807) is 18.5 Å². The van der Waals surface area contributed by atoms with Gasteiger partial charge in [-0.25, -0.2) is 9.97 Å². The molecule has 5 heteroatoms. The van der Waals surface area contributed by atoms with Crippen LogP contribution in [0.15, 0.2) is 60.9 Å². The van der Waals surface area contributed by atoms with E-state index in [1.165, 1.54) is 0 Å². The normalized spacial score (nSPS) is 9.96. The van der Waals surface area contributed by atoms with Gasteiger partial charge in [0.1, 0.15) is 11.5 Å². The largest absolute Gasteiger partial charge is 0.310 e. The molecule has 0 radical (unpaired) electrons. The maximum atomic E-state index is 12.2. The Morgan fingerprint density at radius 2 is 1.88 bits per heavy atom. The first-order valence-electron chi connectivity index (χ1n) is 7.34. The number of hydrogen-bond donors (Lipinski definition) is 1. The molecule has 0 unspecified atom stereocenters. The minimum Gasteiger partial charge on any atom is -0.310 e. The monoisotopic (exact) mass is 314 g/mol. The molecule has 0 bridgehead atoms. The molecule has 3 rings (SSSR count). The Kier molecular flexibility index (Phi) is 4.59. The maximum absolute atomic E-state index is 12.2. The van der Waals surface area contributed by atoms with Crippen molar-refractivity contribution in [1.29, 1.82) is 0 Å². The topological polar surface area (TPSA) is 67.8 Å². The van der Waals surface area contributed by atoms with Gasteiger partial charge in [0.25, 0.3) is 0 Å². The number of rotatable bonds is 4. The van der Waals surface area contributed by atoms with Crippen molar-refractivity contribution >= 4 is 11.7 Å². The van der Waals surface area contributed by atoms with Crippen molar-refractivity contribution in [2.75, 3.05) is 5.32 Å². The van der Waals surface area contributed by atoms with Crippen LogP contribution < -0.4 is 5.32 Å². The summed E-state index contributed by atoms with van der Waals surface area (Å²) in [7, 11) is 0. The third kappa shape index (κ3) is 3.81. The van der Waals surface area contributed by atoms with Gasteiger partial charge < -0.3 is 5.32 Å². The van der Waals surface area contributed by atoms with Gasteiger partial charge in [0.2, 0.25) is 5.91 Å². The van der Waals surface area contributed by atoms with Crippen LogP contribution in [0.3, 0.4) is 0 Å². The molecule has 1 N–H and O–H groups in total. The van der Waals surface area contributed by atoms with Crippen LogP contribution in [-0.4, -0.2) is 20.9 Å².